The summed E-state index contributed by atoms with van der Waals surface area (Å²) >= 11 is 3.30. The molecule has 0 aromatic heterocycles. The average molecular weight is 377 g/mol. The summed E-state index contributed by atoms with van der Waals surface area (Å²) in [6, 6.07) is 6.84. The van der Waals surface area contributed by atoms with Crippen LogP contribution in [-0.4, -0.2) is 33.2 Å². The Kier molecular flexibility index (Phi) is 6.22. The van der Waals surface area contributed by atoms with E-state index in [0.29, 0.717) is 5.69 Å². The van der Waals surface area contributed by atoms with Crippen LogP contribution in [0.3, 0.4) is 0 Å². The predicted octanol–water partition coefficient (Wildman–Crippen LogP) is 2.38. The Bertz CT molecular complexity index is 602. The van der Waals surface area contributed by atoms with Gasteiger partial charge in [0.1, 0.15) is 6.54 Å². The Hall–Kier alpha value is -1.08. The van der Waals surface area contributed by atoms with Crippen molar-refractivity contribution in [1.29, 1.82) is 0 Å². The molecule has 0 aliphatic carbocycles. The van der Waals surface area contributed by atoms with E-state index in [1.165, 1.54) is 0 Å². The minimum atomic E-state index is -3.53. The van der Waals surface area contributed by atoms with Gasteiger partial charge in [0, 0.05) is 10.5 Å². The summed E-state index contributed by atoms with van der Waals surface area (Å²) in [5.41, 5.74) is 0.458. The molecular formula is C14H21BrN2O3S. The van der Waals surface area contributed by atoms with E-state index < -0.39 is 10.0 Å². The quantitative estimate of drug-likeness (QED) is 0.828. The van der Waals surface area contributed by atoms with Crippen molar-refractivity contribution in [2.24, 2.45) is 5.92 Å². The Morgan fingerprint density at radius 1 is 1.33 bits per heavy atom. The molecular weight excluding hydrogens is 356 g/mol. The number of sulfonamides is 1. The Labute approximate surface area is 134 Å². The van der Waals surface area contributed by atoms with Crippen molar-refractivity contribution in [3.8, 4) is 0 Å². The highest BCUT2D eigenvalue weighted by molar-refractivity contribution is 9.10. The Morgan fingerprint density at radius 2 is 1.95 bits per heavy atom. The molecule has 0 saturated heterocycles. The van der Waals surface area contributed by atoms with Crippen LogP contribution in [0.5, 0.6) is 0 Å². The number of anilines is 1. The summed E-state index contributed by atoms with van der Waals surface area (Å²) in [5.74, 6) is -0.0342. The average Bonchev–Trinajstić information content (AvgIpc) is 2.34. The molecule has 0 saturated carbocycles. The zero-order valence-electron chi connectivity index (χ0n) is 12.6. The molecule has 118 valence electrons. The van der Waals surface area contributed by atoms with Crippen molar-refractivity contribution >= 4 is 37.5 Å². The van der Waals surface area contributed by atoms with E-state index >= 15 is 0 Å². The summed E-state index contributed by atoms with van der Waals surface area (Å²) in [5, 5.41) is 2.81. The number of amides is 1. The van der Waals surface area contributed by atoms with E-state index in [0.717, 1.165) is 15.0 Å². The summed E-state index contributed by atoms with van der Waals surface area (Å²) < 4.78 is 25.7. The van der Waals surface area contributed by atoms with Gasteiger partial charge in [0.25, 0.3) is 0 Å². The highest BCUT2D eigenvalue weighted by Crippen LogP contribution is 2.21. The fourth-order valence-electron chi connectivity index (χ4n) is 1.63. The molecule has 0 fully saturated rings. The molecule has 0 spiro atoms. The third-order valence-corrected chi connectivity index (χ3v) is 4.81. The number of hydrogen-bond acceptors (Lipinski definition) is 3. The minimum Gasteiger partial charge on any atom is -0.352 e. The molecule has 0 unspecified atom stereocenters. The van der Waals surface area contributed by atoms with E-state index in [-0.39, 0.29) is 24.4 Å². The molecule has 1 atom stereocenters. The number of carbonyl (C=O) groups excluding carboxylic acids is 1. The van der Waals surface area contributed by atoms with Crippen LogP contribution in [0.2, 0.25) is 0 Å². The number of benzene rings is 1. The van der Waals surface area contributed by atoms with E-state index in [9.17, 15) is 13.2 Å². The molecule has 0 aliphatic rings. The van der Waals surface area contributed by atoms with Gasteiger partial charge in [0.15, 0.2) is 0 Å². The van der Waals surface area contributed by atoms with Crippen molar-refractivity contribution < 1.29 is 13.2 Å². The van der Waals surface area contributed by atoms with Crippen LogP contribution < -0.4 is 9.62 Å². The van der Waals surface area contributed by atoms with Crippen LogP contribution in [0.1, 0.15) is 20.8 Å². The van der Waals surface area contributed by atoms with Crippen LogP contribution in [0, 0.1) is 5.92 Å². The third-order valence-electron chi connectivity index (χ3n) is 3.17. The number of halogens is 1. The minimum absolute atomic E-state index is 0.0126. The number of carbonyl (C=O) groups is 1. The Morgan fingerprint density at radius 3 is 2.43 bits per heavy atom. The van der Waals surface area contributed by atoms with Gasteiger partial charge < -0.3 is 5.32 Å². The molecule has 1 amide bonds. The van der Waals surface area contributed by atoms with Gasteiger partial charge in [-0.15, -0.1) is 0 Å². The monoisotopic (exact) mass is 376 g/mol. The highest BCUT2D eigenvalue weighted by atomic mass is 79.9. The third kappa shape index (κ3) is 5.67. The lowest BCUT2D eigenvalue weighted by molar-refractivity contribution is -0.120. The second kappa shape index (κ2) is 7.26. The molecule has 1 aromatic rings. The zero-order chi connectivity index (χ0) is 16.2. The van der Waals surface area contributed by atoms with E-state index in [4.69, 9.17) is 0 Å². The molecule has 7 heteroatoms. The van der Waals surface area contributed by atoms with Gasteiger partial charge in [-0.1, -0.05) is 35.8 Å². The van der Waals surface area contributed by atoms with E-state index in [1.54, 1.807) is 24.3 Å². The normalized spacial score (nSPS) is 13.0. The van der Waals surface area contributed by atoms with Gasteiger partial charge in [-0.3, -0.25) is 9.10 Å². The maximum absolute atomic E-state index is 12.0. The second-order valence-corrected chi connectivity index (χ2v) is 8.17. The van der Waals surface area contributed by atoms with Gasteiger partial charge in [0.2, 0.25) is 15.9 Å². The first-order chi connectivity index (χ1) is 9.61. The summed E-state index contributed by atoms with van der Waals surface area (Å²) in [6.07, 6.45) is 1.09. The lowest BCUT2D eigenvalue weighted by atomic mass is 10.1. The lowest BCUT2D eigenvalue weighted by Crippen LogP contribution is -2.44. The number of rotatable bonds is 6. The maximum atomic E-state index is 12.0. The topological polar surface area (TPSA) is 66.5 Å². The van der Waals surface area contributed by atoms with Crippen molar-refractivity contribution in [3.63, 3.8) is 0 Å². The molecule has 1 N–H and O–H groups in total. The van der Waals surface area contributed by atoms with Crippen molar-refractivity contribution in [1.82, 2.24) is 5.32 Å². The van der Waals surface area contributed by atoms with Crippen LogP contribution in [0.25, 0.3) is 0 Å². The molecule has 0 radical (unpaired) electrons. The molecule has 0 aliphatic heterocycles. The summed E-state index contributed by atoms with van der Waals surface area (Å²) in [4.78, 5) is 12.0. The standard InChI is InChI=1S/C14H21BrN2O3S/c1-10(2)11(3)16-14(18)9-17(21(4,19)20)13-7-5-6-12(15)8-13/h5-8,10-11H,9H2,1-4H3,(H,16,18)/t11-/m0/s1. The van der Waals surface area contributed by atoms with Gasteiger partial charge in [0.05, 0.1) is 11.9 Å². The Balaban J connectivity index is 2.94. The smallest absolute Gasteiger partial charge is 0.240 e. The van der Waals surface area contributed by atoms with Crippen molar-refractivity contribution in [2.45, 2.75) is 26.8 Å². The SMILES string of the molecule is CC(C)[C@H](C)NC(=O)CN(c1cccc(Br)c1)S(C)(=O)=O. The van der Waals surface area contributed by atoms with Crippen molar-refractivity contribution in [3.05, 3.63) is 28.7 Å². The van der Waals surface area contributed by atoms with Gasteiger partial charge >= 0.3 is 0 Å². The fourth-order valence-corrected chi connectivity index (χ4v) is 2.86. The number of nitrogens with one attached hydrogen (secondary N) is 1. The molecule has 1 rings (SSSR count). The number of hydrogen-bond donors (Lipinski definition) is 1. The number of nitrogens with zero attached hydrogens (tertiary/aromatic N) is 1. The van der Waals surface area contributed by atoms with Gasteiger partial charge in [-0.2, -0.15) is 0 Å². The van der Waals surface area contributed by atoms with Crippen molar-refractivity contribution in [2.75, 3.05) is 17.1 Å². The first kappa shape index (κ1) is 18.0. The van der Waals surface area contributed by atoms with Crippen LogP contribution >= 0.6 is 15.9 Å². The fraction of sp³-hybridized carbons (Fsp3) is 0.500. The van der Waals surface area contributed by atoms with Gasteiger partial charge in [-0.25, -0.2) is 8.42 Å². The molecule has 0 heterocycles. The van der Waals surface area contributed by atoms with Crippen LogP contribution in [-0.2, 0) is 14.8 Å². The molecule has 1 aromatic carbocycles. The zero-order valence-corrected chi connectivity index (χ0v) is 15.0. The molecule has 21 heavy (non-hydrogen) atoms. The predicted molar refractivity (Wildman–Crippen MR) is 88.8 cm³/mol. The largest absolute Gasteiger partial charge is 0.352 e. The maximum Gasteiger partial charge on any atom is 0.240 e. The summed E-state index contributed by atoms with van der Waals surface area (Å²) in [6.45, 7) is 5.65. The van der Waals surface area contributed by atoms with Crippen LogP contribution in [0.15, 0.2) is 28.7 Å². The van der Waals surface area contributed by atoms with Gasteiger partial charge in [-0.05, 0) is 31.0 Å². The highest BCUT2D eigenvalue weighted by Gasteiger charge is 2.22. The molecule has 0 bridgehead atoms. The first-order valence-electron chi connectivity index (χ1n) is 6.64. The van der Waals surface area contributed by atoms with E-state index in [2.05, 4.69) is 21.2 Å². The van der Waals surface area contributed by atoms with Crippen LogP contribution in [0.4, 0.5) is 5.69 Å². The first-order valence-corrected chi connectivity index (χ1v) is 9.28. The van der Waals surface area contributed by atoms with E-state index in [1.807, 2.05) is 20.8 Å². The lowest BCUT2D eigenvalue weighted by Gasteiger charge is -2.24. The summed E-state index contributed by atoms with van der Waals surface area (Å²) in [7, 11) is -3.53. The second-order valence-electron chi connectivity index (χ2n) is 5.35. The molecule has 5 nitrogen and oxygen atoms in total.